The lowest BCUT2D eigenvalue weighted by Crippen LogP contribution is -2.37. The maximum Gasteiger partial charge on any atom is 0.125 e. The van der Waals surface area contributed by atoms with Crippen LogP contribution in [0.15, 0.2) is 24.4 Å². The zero-order valence-corrected chi connectivity index (χ0v) is 12.6. The zero-order chi connectivity index (χ0) is 14.4. The molecule has 21 heavy (non-hydrogen) atoms. The van der Waals surface area contributed by atoms with Gasteiger partial charge in [-0.3, -0.25) is 9.88 Å². The zero-order valence-electron chi connectivity index (χ0n) is 12.6. The SMILES string of the molecule is Cc1cccc(CN2[C@H]3CC[C@H]2c2cnc(C)nc2C3)n1. The highest BCUT2D eigenvalue weighted by atomic mass is 15.2. The van der Waals surface area contributed by atoms with E-state index in [9.17, 15) is 0 Å². The maximum atomic E-state index is 4.66. The third-order valence-electron chi connectivity index (χ3n) is 4.74. The average molecular weight is 280 g/mol. The molecule has 108 valence electrons. The van der Waals surface area contributed by atoms with Crippen LogP contribution in [0, 0.1) is 13.8 Å². The van der Waals surface area contributed by atoms with E-state index in [-0.39, 0.29) is 0 Å². The first-order chi connectivity index (χ1) is 10.2. The second-order valence-corrected chi connectivity index (χ2v) is 6.21. The van der Waals surface area contributed by atoms with Crippen molar-refractivity contribution < 1.29 is 0 Å². The number of hydrogen-bond acceptors (Lipinski definition) is 4. The van der Waals surface area contributed by atoms with Crippen LogP contribution in [0.4, 0.5) is 0 Å². The summed E-state index contributed by atoms with van der Waals surface area (Å²) in [6.45, 7) is 4.97. The van der Waals surface area contributed by atoms with Gasteiger partial charge in [0.15, 0.2) is 0 Å². The lowest BCUT2D eigenvalue weighted by molar-refractivity contribution is 0.164. The third kappa shape index (κ3) is 2.23. The van der Waals surface area contributed by atoms with E-state index in [2.05, 4.69) is 45.0 Å². The van der Waals surface area contributed by atoms with Crippen molar-refractivity contribution in [3.8, 4) is 0 Å². The Hall–Kier alpha value is -1.81. The fourth-order valence-corrected chi connectivity index (χ4v) is 3.80. The molecular formula is C17H20N4. The van der Waals surface area contributed by atoms with E-state index < -0.39 is 0 Å². The van der Waals surface area contributed by atoms with E-state index in [4.69, 9.17) is 0 Å². The van der Waals surface area contributed by atoms with Gasteiger partial charge in [0.05, 0.1) is 11.4 Å². The van der Waals surface area contributed by atoms with Crippen LogP contribution in [0.2, 0.25) is 0 Å². The predicted molar refractivity (Wildman–Crippen MR) is 80.8 cm³/mol. The summed E-state index contributed by atoms with van der Waals surface area (Å²) in [6, 6.07) is 7.37. The van der Waals surface area contributed by atoms with Crippen LogP contribution in [0.1, 0.15) is 47.4 Å². The topological polar surface area (TPSA) is 41.9 Å². The van der Waals surface area contributed by atoms with Crippen LogP contribution in [0.25, 0.3) is 0 Å². The molecule has 1 saturated heterocycles. The van der Waals surface area contributed by atoms with Crippen molar-refractivity contribution in [3.05, 3.63) is 52.9 Å². The van der Waals surface area contributed by atoms with Crippen LogP contribution in [0.3, 0.4) is 0 Å². The Morgan fingerprint density at radius 2 is 2.10 bits per heavy atom. The normalized spacial score (nSPS) is 24.1. The fraction of sp³-hybridized carbons (Fsp3) is 0.471. The molecule has 2 aliphatic rings. The highest BCUT2D eigenvalue weighted by molar-refractivity contribution is 5.29. The molecule has 2 aromatic heterocycles. The van der Waals surface area contributed by atoms with Gasteiger partial charge < -0.3 is 0 Å². The highest BCUT2D eigenvalue weighted by Crippen LogP contribution is 2.43. The van der Waals surface area contributed by atoms with Crippen molar-refractivity contribution in [2.24, 2.45) is 0 Å². The van der Waals surface area contributed by atoms with Crippen LogP contribution < -0.4 is 0 Å². The number of nitrogens with zero attached hydrogens (tertiary/aromatic N) is 4. The predicted octanol–water partition coefficient (Wildman–Crippen LogP) is 2.75. The van der Waals surface area contributed by atoms with E-state index in [1.807, 2.05) is 13.1 Å². The quantitative estimate of drug-likeness (QED) is 0.848. The molecule has 4 heteroatoms. The highest BCUT2D eigenvalue weighted by Gasteiger charge is 2.40. The summed E-state index contributed by atoms with van der Waals surface area (Å²) >= 11 is 0. The lowest BCUT2D eigenvalue weighted by atomic mass is 9.99. The molecule has 2 aromatic rings. The third-order valence-corrected chi connectivity index (χ3v) is 4.74. The van der Waals surface area contributed by atoms with E-state index in [1.54, 1.807) is 0 Å². The van der Waals surface area contributed by atoms with Gasteiger partial charge in [-0.1, -0.05) is 6.07 Å². The van der Waals surface area contributed by atoms with Crippen molar-refractivity contribution in [1.29, 1.82) is 0 Å². The maximum absolute atomic E-state index is 4.66. The number of fused-ring (bicyclic) bond motifs is 4. The number of hydrogen-bond donors (Lipinski definition) is 0. The summed E-state index contributed by atoms with van der Waals surface area (Å²) in [4.78, 5) is 16.3. The van der Waals surface area contributed by atoms with Gasteiger partial charge in [-0.05, 0) is 38.8 Å². The van der Waals surface area contributed by atoms with Crippen molar-refractivity contribution in [3.63, 3.8) is 0 Å². The van der Waals surface area contributed by atoms with Gasteiger partial charge >= 0.3 is 0 Å². The summed E-state index contributed by atoms with van der Waals surface area (Å²) in [5.74, 6) is 0.891. The number of aromatic nitrogens is 3. The van der Waals surface area contributed by atoms with Gasteiger partial charge in [0, 0.05) is 42.5 Å². The molecule has 4 nitrogen and oxygen atoms in total. The minimum atomic E-state index is 0.474. The van der Waals surface area contributed by atoms with Crippen molar-refractivity contribution in [2.45, 2.75) is 51.7 Å². The minimum absolute atomic E-state index is 0.474. The minimum Gasteiger partial charge on any atom is -0.287 e. The van der Waals surface area contributed by atoms with Crippen molar-refractivity contribution in [2.75, 3.05) is 0 Å². The first kappa shape index (κ1) is 12.9. The van der Waals surface area contributed by atoms with Crippen LogP contribution in [0.5, 0.6) is 0 Å². The van der Waals surface area contributed by atoms with Gasteiger partial charge in [0.2, 0.25) is 0 Å². The number of aryl methyl sites for hydroxylation is 2. The van der Waals surface area contributed by atoms with Crippen molar-refractivity contribution >= 4 is 0 Å². The Labute approximate surface area is 125 Å². The summed E-state index contributed by atoms with van der Waals surface area (Å²) in [7, 11) is 0. The molecular weight excluding hydrogens is 260 g/mol. The van der Waals surface area contributed by atoms with E-state index in [0.29, 0.717) is 12.1 Å². The van der Waals surface area contributed by atoms with Gasteiger partial charge in [-0.25, -0.2) is 9.97 Å². The number of pyridine rings is 1. The molecule has 4 heterocycles. The van der Waals surface area contributed by atoms with Crippen LogP contribution >= 0.6 is 0 Å². The molecule has 0 radical (unpaired) electrons. The van der Waals surface area contributed by atoms with Gasteiger partial charge in [-0.2, -0.15) is 0 Å². The molecule has 0 aromatic carbocycles. The van der Waals surface area contributed by atoms with Gasteiger partial charge in [-0.15, -0.1) is 0 Å². The van der Waals surface area contributed by atoms with Gasteiger partial charge in [0.25, 0.3) is 0 Å². The van der Waals surface area contributed by atoms with Crippen molar-refractivity contribution in [1.82, 2.24) is 19.9 Å². The molecule has 0 unspecified atom stereocenters. The molecule has 0 spiro atoms. The second-order valence-electron chi connectivity index (χ2n) is 6.21. The van der Waals surface area contributed by atoms with E-state index in [0.717, 1.165) is 24.5 Å². The molecule has 2 bridgehead atoms. The Kier molecular flexibility index (Phi) is 3.00. The Bertz CT molecular complexity index is 682. The number of rotatable bonds is 2. The second kappa shape index (κ2) is 4.88. The average Bonchev–Trinajstić information content (AvgIpc) is 2.73. The smallest absolute Gasteiger partial charge is 0.125 e. The van der Waals surface area contributed by atoms with E-state index >= 15 is 0 Å². The molecule has 0 aliphatic carbocycles. The Morgan fingerprint density at radius 3 is 2.95 bits per heavy atom. The summed E-state index contributed by atoms with van der Waals surface area (Å²) in [5.41, 5.74) is 4.87. The molecule has 0 amide bonds. The summed E-state index contributed by atoms with van der Waals surface area (Å²) in [5, 5.41) is 0. The Morgan fingerprint density at radius 1 is 1.19 bits per heavy atom. The standard InChI is InChI=1S/C17H20N4/c1-11-4-3-5-13(19-11)10-21-14-6-7-17(21)15-9-18-12(2)20-16(15)8-14/h3-5,9,14,17H,6-8,10H2,1-2H3/t14-,17-/m0/s1. The largest absolute Gasteiger partial charge is 0.287 e. The Balaban J connectivity index is 1.65. The molecule has 4 rings (SSSR count). The van der Waals surface area contributed by atoms with Crippen LogP contribution in [-0.2, 0) is 13.0 Å². The van der Waals surface area contributed by atoms with Gasteiger partial charge in [0.1, 0.15) is 5.82 Å². The molecule has 0 N–H and O–H groups in total. The summed E-state index contributed by atoms with van der Waals surface area (Å²) in [6.07, 6.45) is 5.57. The molecule has 2 atom stereocenters. The fourth-order valence-electron chi connectivity index (χ4n) is 3.80. The van der Waals surface area contributed by atoms with Crippen LogP contribution in [-0.4, -0.2) is 25.9 Å². The molecule has 0 saturated carbocycles. The monoisotopic (exact) mass is 280 g/mol. The summed E-state index contributed by atoms with van der Waals surface area (Å²) < 4.78 is 0. The molecule has 1 fully saturated rings. The molecule has 2 aliphatic heterocycles. The first-order valence-corrected chi connectivity index (χ1v) is 7.71. The lowest BCUT2D eigenvalue weighted by Gasteiger charge is -2.35. The van der Waals surface area contributed by atoms with E-state index in [1.165, 1.54) is 29.8 Å². The first-order valence-electron chi connectivity index (χ1n) is 7.71.